The molecule has 4 rings (SSSR count). The van der Waals surface area contributed by atoms with Gasteiger partial charge in [0.05, 0.1) is 6.10 Å². The third-order valence-electron chi connectivity index (χ3n) is 5.73. The van der Waals surface area contributed by atoms with Crippen LogP contribution in [0.4, 0.5) is 4.79 Å². The number of phenolic OH excluding ortho intramolecular Hbond substituents is 1. The fraction of sp³-hybridized carbons (Fsp3) is 0.240. The molecule has 0 heterocycles. The maximum atomic E-state index is 12.2. The molecule has 0 aliphatic heterocycles. The molecule has 1 aliphatic carbocycles. The van der Waals surface area contributed by atoms with Crippen LogP contribution in [-0.2, 0) is 4.74 Å². The second-order valence-corrected chi connectivity index (χ2v) is 8.67. The lowest BCUT2D eigenvalue weighted by Gasteiger charge is -2.20. The Kier molecular flexibility index (Phi) is 6.79. The van der Waals surface area contributed by atoms with Gasteiger partial charge in [-0.25, -0.2) is 4.79 Å². The van der Waals surface area contributed by atoms with E-state index in [-0.39, 0.29) is 36.8 Å². The molecule has 4 N–H and O–H groups in total. The van der Waals surface area contributed by atoms with Gasteiger partial charge in [-0.05, 0) is 46.9 Å². The number of carbonyl (C=O) groups excluding carboxylic acids is 1. The Morgan fingerprint density at radius 2 is 1.62 bits per heavy atom. The maximum absolute atomic E-state index is 12.2. The van der Waals surface area contributed by atoms with Crippen molar-refractivity contribution >= 4 is 22.0 Å². The first-order chi connectivity index (χ1) is 15.5. The first-order valence-corrected chi connectivity index (χ1v) is 11.2. The summed E-state index contributed by atoms with van der Waals surface area (Å²) in [5.74, 6) is -0.135. The molecule has 3 aromatic carbocycles. The van der Waals surface area contributed by atoms with Gasteiger partial charge >= 0.3 is 6.09 Å². The van der Waals surface area contributed by atoms with Crippen molar-refractivity contribution in [3.8, 4) is 16.9 Å². The summed E-state index contributed by atoms with van der Waals surface area (Å²) in [5.41, 5.74) is 4.80. The van der Waals surface area contributed by atoms with Gasteiger partial charge in [0.25, 0.3) is 0 Å². The van der Waals surface area contributed by atoms with Crippen molar-refractivity contribution in [3.05, 3.63) is 87.9 Å². The van der Waals surface area contributed by atoms with Gasteiger partial charge < -0.3 is 25.4 Å². The second-order valence-electron chi connectivity index (χ2n) is 7.76. The summed E-state index contributed by atoms with van der Waals surface area (Å²) >= 11 is 3.27. The van der Waals surface area contributed by atoms with Crippen LogP contribution in [0.25, 0.3) is 11.1 Å². The lowest BCUT2D eigenvalue weighted by molar-refractivity contribution is 0.0123. The third kappa shape index (κ3) is 4.65. The Morgan fingerprint density at radius 3 is 2.28 bits per heavy atom. The number of phenols is 1. The minimum absolute atomic E-state index is 0.0277. The van der Waals surface area contributed by atoms with E-state index in [1.54, 1.807) is 12.1 Å². The lowest BCUT2D eigenvalue weighted by atomic mass is 9.98. The van der Waals surface area contributed by atoms with E-state index in [0.29, 0.717) is 4.47 Å². The quantitative estimate of drug-likeness (QED) is 0.385. The molecule has 0 fully saturated rings. The predicted octanol–water partition coefficient (Wildman–Crippen LogP) is 4.48. The number of nitrogens with one attached hydrogen (secondary N) is 1. The minimum atomic E-state index is -1.28. The van der Waals surface area contributed by atoms with Gasteiger partial charge in [0.15, 0.2) is 0 Å². The van der Waals surface area contributed by atoms with Crippen molar-refractivity contribution in [1.29, 1.82) is 0 Å². The molecule has 0 radical (unpaired) electrons. The van der Waals surface area contributed by atoms with Gasteiger partial charge in [0.2, 0.25) is 0 Å². The number of fused-ring (bicyclic) bond motifs is 3. The Balaban J connectivity index is 1.29. The summed E-state index contributed by atoms with van der Waals surface area (Å²) in [7, 11) is 0. The summed E-state index contributed by atoms with van der Waals surface area (Å²) in [6.45, 7) is 0.320. The van der Waals surface area contributed by atoms with Crippen LogP contribution in [0.2, 0.25) is 0 Å². The molecule has 1 amide bonds. The maximum Gasteiger partial charge on any atom is 0.407 e. The van der Waals surface area contributed by atoms with Crippen molar-refractivity contribution in [2.75, 3.05) is 13.2 Å². The van der Waals surface area contributed by atoms with Crippen LogP contribution in [0.15, 0.2) is 71.2 Å². The number of rotatable bonds is 7. The standard InChI is InChI=1S/C25H24BrNO5/c26-15-9-10-22(28)20(13-15)24(30)23(29)11-12-27-25(31)32-14-21-18-7-3-1-5-16(18)17-6-2-4-8-19(17)21/h1-10,13,21,23-24,28-30H,11-12,14H2,(H,27,31). The van der Waals surface area contributed by atoms with Gasteiger partial charge in [-0.15, -0.1) is 0 Å². The molecule has 0 saturated carbocycles. The molecular formula is C25H24BrNO5. The van der Waals surface area contributed by atoms with Crippen molar-refractivity contribution in [2.24, 2.45) is 0 Å². The molecule has 32 heavy (non-hydrogen) atoms. The lowest BCUT2D eigenvalue weighted by Crippen LogP contribution is -2.30. The first-order valence-electron chi connectivity index (χ1n) is 10.4. The predicted molar refractivity (Wildman–Crippen MR) is 124 cm³/mol. The van der Waals surface area contributed by atoms with E-state index in [1.807, 2.05) is 24.3 Å². The zero-order chi connectivity index (χ0) is 22.7. The van der Waals surface area contributed by atoms with Gasteiger partial charge in [-0.2, -0.15) is 0 Å². The molecule has 6 nitrogen and oxygen atoms in total. The molecule has 0 bridgehead atoms. The number of halogens is 1. The molecule has 7 heteroatoms. The molecule has 0 saturated heterocycles. The van der Waals surface area contributed by atoms with E-state index in [2.05, 4.69) is 45.5 Å². The Hall–Kier alpha value is -2.87. The van der Waals surface area contributed by atoms with Crippen LogP contribution in [-0.4, -0.2) is 40.7 Å². The fourth-order valence-corrected chi connectivity index (χ4v) is 4.48. The van der Waals surface area contributed by atoms with Gasteiger partial charge in [0.1, 0.15) is 18.5 Å². The zero-order valence-corrected chi connectivity index (χ0v) is 18.8. The van der Waals surface area contributed by atoms with Crippen molar-refractivity contribution < 1.29 is 24.9 Å². The smallest absolute Gasteiger partial charge is 0.407 e. The highest BCUT2D eigenvalue weighted by atomic mass is 79.9. The summed E-state index contributed by atoms with van der Waals surface area (Å²) in [5, 5.41) is 33.1. The zero-order valence-electron chi connectivity index (χ0n) is 17.2. The number of aliphatic hydroxyl groups is 2. The molecule has 2 atom stereocenters. The van der Waals surface area contributed by atoms with Crippen LogP contribution in [0.1, 0.15) is 35.1 Å². The van der Waals surface area contributed by atoms with Crippen molar-refractivity contribution in [1.82, 2.24) is 5.32 Å². The fourth-order valence-electron chi connectivity index (χ4n) is 4.10. The van der Waals surface area contributed by atoms with Crippen LogP contribution in [0.5, 0.6) is 5.75 Å². The molecule has 0 aromatic heterocycles. The average Bonchev–Trinajstić information content (AvgIpc) is 3.12. The van der Waals surface area contributed by atoms with Gasteiger partial charge in [-0.3, -0.25) is 0 Å². The van der Waals surface area contributed by atoms with Crippen LogP contribution in [0, 0.1) is 0 Å². The van der Waals surface area contributed by atoms with Crippen molar-refractivity contribution in [3.63, 3.8) is 0 Å². The van der Waals surface area contributed by atoms with Crippen LogP contribution >= 0.6 is 15.9 Å². The number of ether oxygens (including phenoxy) is 1. The second kappa shape index (κ2) is 9.73. The largest absolute Gasteiger partial charge is 0.508 e. The van der Waals surface area contributed by atoms with E-state index in [4.69, 9.17) is 4.74 Å². The third-order valence-corrected chi connectivity index (χ3v) is 6.22. The number of carbonyl (C=O) groups is 1. The Morgan fingerprint density at radius 1 is 1.00 bits per heavy atom. The molecular weight excluding hydrogens is 474 g/mol. The summed E-state index contributed by atoms with van der Waals surface area (Å²) in [6, 6.07) is 20.8. The topological polar surface area (TPSA) is 99.0 Å². The molecule has 2 unspecified atom stereocenters. The number of amides is 1. The molecule has 3 aromatic rings. The van der Waals surface area contributed by atoms with Crippen LogP contribution in [0.3, 0.4) is 0 Å². The Labute approximate surface area is 194 Å². The average molecular weight is 498 g/mol. The van der Waals surface area contributed by atoms with E-state index in [0.717, 1.165) is 22.3 Å². The summed E-state index contributed by atoms with van der Waals surface area (Å²) < 4.78 is 6.14. The highest BCUT2D eigenvalue weighted by Gasteiger charge is 2.29. The summed E-state index contributed by atoms with van der Waals surface area (Å²) in [4.78, 5) is 12.2. The highest BCUT2D eigenvalue weighted by molar-refractivity contribution is 9.10. The van der Waals surface area contributed by atoms with E-state index in [1.165, 1.54) is 6.07 Å². The SMILES string of the molecule is O=C(NCCC(O)C(O)c1cc(Br)ccc1O)OCC1c2ccccc2-c2ccccc21. The van der Waals surface area contributed by atoms with E-state index < -0.39 is 18.3 Å². The Bertz CT molecular complexity index is 1070. The number of hydrogen-bond donors (Lipinski definition) is 4. The number of aliphatic hydroxyl groups excluding tert-OH is 2. The highest BCUT2D eigenvalue weighted by Crippen LogP contribution is 2.44. The normalized spacial score (nSPS) is 14.3. The van der Waals surface area contributed by atoms with Crippen molar-refractivity contribution in [2.45, 2.75) is 24.5 Å². The molecule has 0 spiro atoms. The molecule has 166 valence electrons. The van der Waals surface area contributed by atoms with E-state index >= 15 is 0 Å². The van der Waals surface area contributed by atoms with Gasteiger partial charge in [-0.1, -0.05) is 64.5 Å². The monoisotopic (exact) mass is 497 g/mol. The number of benzene rings is 3. The first kappa shape index (κ1) is 22.3. The summed E-state index contributed by atoms with van der Waals surface area (Å²) in [6.07, 6.45) is -2.93. The number of alkyl carbamates (subject to hydrolysis) is 1. The minimum Gasteiger partial charge on any atom is -0.508 e. The van der Waals surface area contributed by atoms with E-state index in [9.17, 15) is 20.1 Å². The number of aromatic hydroxyl groups is 1. The number of hydrogen-bond acceptors (Lipinski definition) is 5. The molecule has 1 aliphatic rings. The van der Waals surface area contributed by atoms with Gasteiger partial charge in [0, 0.05) is 22.5 Å². The van der Waals surface area contributed by atoms with Crippen LogP contribution < -0.4 is 5.32 Å².